The van der Waals surface area contributed by atoms with Crippen molar-refractivity contribution in [3.63, 3.8) is 0 Å². The topological polar surface area (TPSA) is 71.3 Å². The van der Waals surface area contributed by atoms with Crippen LogP contribution in [0, 0.1) is 11.3 Å². The van der Waals surface area contributed by atoms with Gasteiger partial charge in [0.2, 0.25) is 0 Å². The summed E-state index contributed by atoms with van der Waals surface area (Å²) in [7, 11) is 1.49. The predicted molar refractivity (Wildman–Crippen MR) is 135 cm³/mol. The normalized spacial score (nSPS) is 11.0. The smallest absolute Gasteiger partial charge is 0.266 e. The van der Waals surface area contributed by atoms with E-state index in [2.05, 4.69) is 21.2 Å². The molecule has 9 heteroatoms. The number of rotatable bonds is 7. The van der Waals surface area contributed by atoms with E-state index in [0.29, 0.717) is 47.9 Å². The maximum Gasteiger partial charge on any atom is 0.266 e. The second kappa shape index (κ2) is 11.4. The average molecular weight is 567 g/mol. The predicted octanol–water partition coefficient (Wildman–Crippen LogP) is 7.54. The minimum absolute atomic E-state index is 0.0876. The highest BCUT2D eigenvalue weighted by molar-refractivity contribution is 9.10. The number of hydrogen-bond donors (Lipinski definition) is 1. The second-order valence-corrected chi connectivity index (χ2v) is 8.76. The van der Waals surface area contributed by atoms with Gasteiger partial charge in [-0.2, -0.15) is 5.26 Å². The number of anilines is 1. The fourth-order valence-electron chi connectivity index (χ4n) is 2.82. The van der Waals surface area contributed by atoms with Crippen LogP contribution in [0.4, 0.5) is 5.69 Å². The van der Waals surface area contributed by atoms with Gasteiger partial charge in [-0.1, -0.05) is 40.9 Å². The van der Waals surface area contributed by atoms with Crippen molar-refractivity contribution < 1.29 is 14.3 Å². The fourth-order valence-corrected chi connectivity index (χ4v) is 4.03. The monoisotopic (exact) mass is 564 g/mol. The van der Waals surface area contributed by atoms with Crippen LogP contribution < -0.4 is 14.8 Å². The number of nitriles is 1. The summed E-state index contributed by atoms with van der Waals surface area (Å²) in [6, 6.07) is 17.1. The Morgan fingerprint density at radius 2 is 1.79 bits per heavy atom. The Kier molecular flexibility index (Phi) is 8.65. The van der Waals surface area contributed by atoms with Gasteiger partial charge in [0.05, 0.1) is 11.6 Å². The summed E-state index contributed by atoms with van der Waals surface area (Å²) in [6.45, 7) is 0.121. The van der Waals surface area contributed by atoms with Gasteiger partial charge in [-0.15, -0.1) is 0 Å². The van der Waals surface area contributed by atoms with Crippen molar-refractivity contribution in [1.29, 1.82) is 5.26 Å². The average Bonchev–Trinajstić information content (AvgIpc) is 2.79. The molecule has 0 fully saturated rings. The van der Waals surface area contributed by atoms with Crippen molar-refractivity contribution in [2.75, 3.05) is 12.4 Å². The number of halogens is 4. The highest BCUT2D eigenvalue weighted by atomic mass is 79.9. The van der Waals surface area contributed by atoms with Crippen molar-refractivity contribution in [3.05, 3.63) is 90.8 Å². The summed E-state index contributed by atoms with van der Waals surface area (Å²) in [5.74, 6) is 0.271. The third-order valence-corrected chi connectivity index (χ3v) is 6.00. The molecule has 1 N–H and O–H groups in total. The zero-order valence-corrected chi connectivity index (χ0v) is 21.0. The van der Waals surface area contributed by atoms with Crippen LogP contribution in [0.1, 0.15) is 11.1 Å². The summed E-state index contributed by atoms with van der Waals surface area (Å²) < 4.78 is 11.9. The van der Waals surface area contributed by atoms with E-state index >= 15 is 0 Å². The summed E-state index contributed by atoms with van der Waals surface area (Å²) in [5.41, 5.74) is 1.63. The van der Waals surface area contributed by atoms with E-state index in [4.69, 9.17) is 44.3 Å². The number of carbonyl (C=O) groups is 1. The SMILES string of the molecule is COc1cc(/C=C(/C#N)C(=O)Nc2ccc(Cl)cc2)cc(Br)c1OCc1c(Cl)cccc1Cl. The van der Waals surface area contributed by atoms with Crippen LogP contribution in [-0.2, 0) is 11.4 Å². The van der Waals surface area contributed by atoms with Gasteiger partial charge < -0.3 is 14.8 Å². The van der Waals surface area contributed by atoms with E-state index in [1.807, 2.05) is 6.07 Å². The number of benzene rings is 3. The van der Waals surface area contributed by atoms with E-state index < -0.39 is 5.91 Å². The largest absolute Gasteiger partial charge is 0.493 e. The molecule has 0 aliphatic carbocycles. The Bertz CT molecular complexity index is 1230. The number of nitrogens with zero attached hydrogens (tertiary/aromatic N) is 1. The Hall–Kier alpha value is -2.69. The summed E-state index contributed by atoms with van der Waals surface area (Å²) >= 11 is 21.7. The number of methoxy groups -OCH3 is 1. The number of nitrogens with one attached hydrogen (secondary N) is 1. The third-order valence-electron chi connectivity index (χ3n) is 4.45. The maximum atomic E-state index is 12.5. The first-order chi connectivity index (χ1) is 15.8. The molecule has 3 rings (SSSR count). The van der Waals surface area contributed by atoms with Gasteiger partial charge in [0.1, 0.15) is 18.2 Å². The molecule has 0 saturated carbocycles. The van der Waals surface area contributed by atoms with Crippen LogP contribution in [0.3, 0.4) is 0 Å². The van der Waals surface area contributed by atoms with Gasteiger partial charge >= 0.3 is 0 Å². The van der Waals surface area contributed by atoms with Crippen molar-refractivity contribution in [2.24, 2.45) is 0 Å². The van der Waals surface area contributed by atoms with Crippen molar-refractivity contribution >= 4 is 68.4 Å². The van der Waals surface area contributed by atoms with Crippen LogP contribution in [0.25, 0.3) is 6.08 Å². The zero-order chi connectivity index (χ0) is 24.0. The fraction of sp³-hybridized carbons (Fsp3) is 0.0833. The van der Waals surface area contributed by atoms with Crippen molar-refractivity contribution in [1.82, 2.24) is 0 Å². The first kappa shape index (κ1) is 24.9. The molecule has 0 radical (unpaired) electrons. The number of ether oxygens (including phenoxy) is 2. The Morgan fingerprint density at radius 1 is 1.12 bits per heavy atom. The van der Waals surface area contributed by atoms with E-state index in [1.54, 1.807) is 54.6 Å². The molecule has 0 aromatic heterocycles. The first-order valence-electron chi connectivity index (χ1n) is 9.44. The summed E-state index contributed by atoms with van der Waals surface area (Å²) in [4.78, 5) is 12.5. The molecular formula is C24H16BrCl3N2O3. The van der Waals surface area contributed by atoms with Gasteiger partial charge in [-0.25, -0.2) is 0 Å². The Morgan fingerprint density at radius 3 is 2.39 bits per heavy atom. The maximum absolute atomic E-state index is 12.5. The van der Waals surface area contributed by atoms with E-state index in [1.165, 1.54) is 13.2 Å². The zero-order valence-electron chi connectivity index (χ0n) is 17.2. The molecule has 3 aromatic rings. The molecule has 0 unspecified atom stereocenters. The lowest BCUT2D eigenvalue weighted by Gasteiger charge is -2.15. The first-order valence-corrected chi connectivity index (χ1v) is 11.4. The summed E-state index contributed by atoms with van der Waals surface area (Å²) in [6.07, 6.45) is 1.45. The molecule has 0 bridgehead atoms. The molecule has 0 aliphatic heterocycles. The molecule has 0 aliphatic rings. The Labute approximate surface area is 214 Å². The quantitative estimate of drug-likeness (QED) is 0.237. The number of carbonyl (C=O) groups excluding carboxylic acids is 1. The molecule has 0 spiro atoms. The number of amides is 1. The lowest BCUT2D eigenvalue weighted by molar-refractivity contribution is -0.112. The van der Waals surface area contributed by atoms with Crippen LogP contribution in [-0.4, -0.2) is 13.0 Å². The molecular weight excluding hydrogens is 551 g/mol. The molecule has 3 aromatic carbocycles. The van der Waals surface area contributed by atoms with Crippen molar-refractivity contribution in [2.45, 2.75) is 6.61 Å². The minimum atomic E-state index is -0.552. The highest BCUT2D eigenvalue weighted by Gasteiger charge is 2.15. The van der Waals surface area contributed by atoms with Gasteiger partial charge in [-0.3, -0.25) is 4.79 Å². The van der Waals surface area contributed by atoms with E-state index in [0.717, 1.165) is 0 Å². The minimum Gasteiger partial charge on any atom is -0.493 e. The second-order valence-electron chi connectivity index (χ2n) is 6.65. The van der Waals surface area contributed by atoms with E-state index in [-0.39, 0.29) is 12.2 Å². The molecule has 33 heavy (non-hydrogen) atoms. The van der Waals surface area contributed by atoms with Gasteiger partial charge in [-0.05, 0) is 76.1 Å². The molecule has 0 heterocycles. The van der Waals surface area contributed by atoms with Crippen LogP contribution in [0.2, 0.25) is 15.1 Å². The number of hydrogen-bond acceptors (Lipinski definition) is 4. The van der Waals surface area contributed by atoms with Gasteiger partial charge in [0.15, 0.2) is 11.5 Å². The van der Waals surface area contributed by atoms with E-state index in [9.17, 15) is 10.1 Å². The molecule has 0 atom stereocenters. The Balaban J connectivity index is 1.84. The van der Waals surface area contributed by atoms with Crippen LogP contribution in [0.15, 0.2) is 64.6 Å². The lowest BCUT2D eigenvalue weighted by atomic mass is 10.1. The lowest BCUT2D eigenvalue weighted by Crippen LogP contribution is -2.13. The van der Waals surface area contributed by atoms with Gasteiger partial charge in [0, 0.05) is 26.3 Å². The molecule has 0 saturated heterocycles. The van der Waals surface area contributed by atoms with Crippen LogP contribution in [0.5, 0.6) is 11.5 Å². The molecule has 1 amide bonds. The third kappa shape index (κ3) is 6.43. The highest BCUT2D eigenvalue weighted by Crippen LogP contribution is 2.38. The van der Waals surface area contributed by atoms with Gasteiger partial charge in [0.25, 0.3) is 5.91 Å². The summed E-state index contributed by atoms with van der Waals surface area (Å²) in [5, 5.41) is 13.7. The molecule has 168 valence electrons. The molecule has 5 nitrogen and oxygen atoms in total. The van der Waals surface area contributed by atoms with Crippen LogP contribution >= 0.6 is 50.7 Å². The van der Waals surface area contributed by atoms with Crippen molar-refractivity contribution in [3.8, 4) is 17.6 Å². The standard InChI is InChI=1S/C24H16BrCl3N2O3/c1-32-22-11-14(9-15(12-29)24(31)30-17-7-5-16(26)6-8-17)10-19(25)23(22)33-13-18-20(27)3-2-4-21(18)28/h2-11H,13H2,1H3,(H,30,31)/b15-9-.